The molecular weight excluding hydrogens is 371 g/mol. The molecule has 0 fully saturated rings. The molecule has 1 unspecified atom stereocenters. The van der Waals surface area contributed by atoms with Crippen LogP contribution in [0.4, 0.5) is 10.1 Å². The van der Waals surface area contributed by atoms with Gasteiger partial charge in [0.1, 0.15) is 11.6 Å². The summed E-state index contributed by atoms with van der Waals surface area (Å²) in [5, 5.41) is 15.8. The van der Waals surface area contributed by atoms with Crippen LogP contribution in [0.25, 0.3) is 11.2 Å². The van der Waals surface area contributed by atoms with Crippen molar-refractivity contribution in [2.45, 2.75) is 12.8 Å². The van der Waals surface area contributed by atoms with Crippen molar-refractivity contribution < 1.29 is 9.60 Å². The molecule has 0 radical (unpaired) electrons. The second kappa shape index (κ2) is 7.89. The fraction of sp³-hybridized carbons (Fsp3) is 0.278. The number of fused-ring (bicyclic) bond motifs is 1. The molecule has 0 aliphatic carbocycles. The van der Waals surface area contributed by atoms with Gasteiger partial charge < -0.3 is 20.4 Å². The number of pyridine rings is 1. The number of aromatic nitrogens is 3. The van der Waals surface area contributed by atoms with Crippen LogP contribution in [-0.2, 0) is 0 Å². The molecule has 1 atom stereocenters. The van der Waals surface area contributed by atoms with Crippen molar-refractivity contribution in [3.63, 3.8) is 0 Å². The van der Waals surface area contributed by atoms with E-state index < -0.39 is 5.82 Å². The maximum Gasteiger partial charge on any atom is 0.179 e. The van der Waals surface area contributed by atoms with Crippen molar-refractivity contribution in [1.82, 2.24) is 19.9 Å². The minimum absolute atomic E-state index is 0.0292. The number of rotatable bonds is 5. The molecule has 0 amide bonds. The average molecular weight is 391 g/mol. The molecule has 0 aliphatic rings. The molecule has 1 aromatic carbocycles. The van der Waals surface area contributed by atoms with E-state index in [0.717, 1.165) is 12.4 Å². The van der Waals surface area contributed by atoms with Gasteiger partial charge in [0.25, 0.3) is 0 Å². The lowest BCUT2D eigenvalue weighted by Crippen LogP contribution is -2.19. The molecule has 27 heavy (non-hydrogen) atoms. The first-order valence-corrected chi connectivity index (χ1v) is 8.70. The molecule has 7 nitrogen and oxygen atoms in total. The summed E-state index contributed by atoms with van der Waals surface area (Å²) >= 11 is 5.81. The van der Waals surface area contributed by atoms with Gasteiger partial charge in [0, 0.05) is 29.9 Å². The number of likely N-dealkylation sites (N-methyl/N-ethyl adjacent to an activating group) is 1. The van der Waals surface area contributed by atoms with Crippen LogP contribution >= 0.6 is 11.6 Å². The highest BCUT2D eigenvalue weighted by Crippen LogP contribution is 2.23. The van der Waals surface area contributed by atoms with Gasteiger partial charge in [-0.15, -0.1) is 0 Å². The minimum Gasteiger partial charge on any atom is -0.409 e. The summed E-state index contributed by atoms with van der Waals surface area (Å²) < 4.78 is 13.4. The van der Waals surface area contributed by atoms with Crippen LogP contribution in [0.3, 0.4) is 0 Å². The summed E-state index contributed by atoms with van der Waals surface area (Å²) in [5.41, 5.74) is 2.23. The van der Waals surface area contributed by atoms with Crippen molar-refractivity contribution in [3.8, 4) is 0 Å². The van der Waals surface area contributed by atoms with E-state index in [1.165, 1.54) is 18.2 Å². The second-order valence-electron chi connectivity index (χ2n) is 6.54. The summed E-state index contributed by atoms with van der Waals surface area (Å²) in [6.07, 6.45) is 1.59. The first kappa shape index (κ1) is 19.1. The fourth-order valence-corrected chi connectivity index (χ4v) is 3.03. The van der Waals surface area contributed by atoms with Crippen LogP contribution in [0.15, 0.2) is 35.6 Å². The van der Waals surface area contributed by atoms with E-state index in [0.29, 0.717) is 22.4 Å². The first-order chi connectivity index (χ1) is 12.9. The molecule has 3 N–H and O–H groups in total. The van der Waals surface area contributed by atoms with Gasteiger partial charge in [0.2, 0.25) is 0 Å². The number of benzene rings is 1. The number of hydrogen-bond donors (Lipinski definition) is 3. The Morgan fingerprint density at radius 2 is 2.19 bits per heavy atom. The Balaban J connectivity index is 1.96. The number of H-pyrrole nitrogens is 1. The minimum atomic E-state index is -0.524. The Morgan fingerprint density at radius 3 is 2.85 bits per heavy atom. The van der Waals surface area contributed by atoms with Gasteiger partial charge in [-0.25, -0.2) is 14.4 Å². The van der Waals surface area contributed by atoms with E-state index in [9.17, 15) is 9.60 Å². The molecule has 2 heterocycles. The lowest BCUT2D eigenvalue weighted by atomic mass is 10.1. The van der Waals surface area contributed by atoms with Gasteiger partial charge in [-0.1, -0.05) is 23.7 Å². The fourth-order valence-electron chi connectivity index (χ4n) is 2.85. The number of halogens is 2. The van der Waals surface area contributed by atoms with E-state index in [2.05, 4.69) is 37.2 Å². The predicted octanol–water partition coefficient (Wildman–Crippen LogP) is 3.66. The number of aromatic amines is 1. The first-order valence-electron chi connectivity index (χ1n) is 8.33. The van der Waals surface area contributed by atoms with Crippen LogP contribution in [-0.4, -0.2) is 51.5 Å². The molecule has 3 aromatic rings. The molecule has 9 heteroatoms. The van der Waals surface area contributed by atoms with Crippen molar-refractivity contribution >= 4 is 34.3 Å². The predicted molar refractivity (Wildman–Crippen MR) is 104 cm³/mol. The van der Waals surface area contributed by atoms with Crippen LogP contribution in [0.2, 0.25) is 5.02 Å². The van der Waals surface area contributed by atoms with Crippen molar-refractivity contribution in [1.29, 1.82) is 0 Å². The third kappa shape index (κ3) is 4.17. The number of nitrogens with zero attached hydrogens (tertiary/aromatic N) is 4. The van der Waals surface area contributed by atoms with Gasteiger partial charge in [-0.3, -0.25) is 0 Å². The third-order valence-electron chi connectivity index (χ3n) is 4.05. The Labute approximate surface area is 160 Å². The largest absolute Gasteiger partial charge is 0.409 e. The Kier molecular flexibility index (Phi) is 5.57. The topological polar surface area (TPSA) is 89.4 Å². The molecule has 142 valence electrons. The molecule has 0 aliphatic heterocycles. The summed E-state index contributed by atoms with van der Waals surface area (Å²) in [4.78, 5) is 14.2. The highest BCUT2D eigenvalue weighted by Gasteiger charge is 2.17. The molecular formula is C18H20ClFN6O. The Morgan fingerprint density at radius 1 is 1.41 bits per heavy atom. The highest BCUT2D eigenvalue weighted by molar-refractivity contribution is 6.31. The molecule has 0 spiro atoms. The maximum absolute atomic E-state index is 13.4. The van der Waals surface area contributed by atoms with Gasteiger partial charge in [0.15, 0.2) is 11.5 Å². The lowest BCUT2D eigenvalue weighted by molar-refractivity contribution is 0.319. The Bertz CT molecular complexity index is 987. The number of nitrogens with one attached hydrogen (secondary N) is 2. The second-order valence-corrected chi connectivity index (χ2v) is 6.95. The number of anilines is 1. The van der Waals surface area contributed by atoms with Crippen LogP contribution in [0.1, 0.15) is 24.2 Å². The van der Waals surface area contributed by atoms with Gasteiger partial charge in [-0.05, 0) is 38.4 Å². The number of imidazole rings is 1. The summed E-state index contributed by atoms with van der Waals surface area (Å²) in [6.45, 7) is 2.89. The normalized spacial score (nSPS) is 13.3. The van der Waals surface area contributed by atoms with Gasteiger partial charge >= 0.3 is 0 Å². The van der Waals surface area contributed by atoms with Gasteiger partial charge in [0.05, 0.1) is 10.5 Å². The zero-order chi connectivity index (χ0) is 19.6. The summed E-state index contributed by atoms with van der Waals surface area (Å²) in [5.74, 6) is 0.603. The van der Waals surface area contributed by atoms with E-state index in [-0.39, 0.29) is 16.8 Å². The van der Waals surface area contributed by atoms with Crippen LogP contribution < -0.4 is 5.32 Å². The van der Waals surface area contributed by atoms with E-state index in [4.69, 9.17) is 11.6 Å². The quantitative estimate of drug-likeness (QED) is 0.268. The zero-order valence-corrected chi connectivity index (χ0v) is 15.9. The lowest BCUT2D eigenvalue weighted by Gasteiger charge is -2.14. The molecule has 0 bridgehead atoms. The number of oxime groups is 1. The average Bonchev–Trinajstić information content (AvgIpc) is 3.06. The smallest absolute Gasteiger partial charge is 0.179 e. The van der Waals surface area contributed by atoms with E-state index >= 15 is 0 Å². The van der Waals surface area contributed by atoms with E-state index in [1.54, 1.807) is 12.3 Å². The molecule has 2 aromatic heterocycles. The highest BCUT2D eigenvalue weighted by atomic mass is 35.5. The summed E-state index contributed by atoms with van der Waals surface area (Å²) in [6, 6.07) is 5.85. The monoisotopic (exact) mass is 390 g/mol. The third-order valence-corrected chi connectivity index (χ3v) is 4.34. The van der Waals surface area contributed by atoms with E-state index in [1.807, 2.05) is 14.1 Å². The van der Waals surface area contributed by atoms with Crippen molar-refractivity contribution in [2.24, 2.45) is 5.16 Å². The van der Waals surface area contributed by atoms with Crippen LogP contribution in [0.5, 0.6) is 0 Å². The number of amidine groups is 1. The SMILES string of the molecule is CC(CN(C)C)c1nc2nccc(/C(=N/O)Nc3ccc(F)c(Cl)c3)c2[nH]1. The summed E-state index contributed by atoms with van der Waals surface area (Å²) in [7, 11) is 3.99. The number of hydrogen-bond acceptors (Lipinski definition) is 5. The molecule has 0 saturated heterocycles. The van der Waals surface area contributed by atoms with Gasteiger partial charge in [-0.2, -0.15) is 0 Å². The van der Waals surface area contributed by atoms with Crippen molar-refractivity contribution in [2.75, 3.05) is 26.0 Å². The molecule has 0 saturated carbocycles. The maximum atomic E-state index is 13.4. The molecule has 3 rings (SSSR count). The van der Waals surface area contributed by atoms with Crippen molar-refractivity contribution in [3.05, 3.63) is 52.7 Å². The zero-order valence-electron chi connectivity index (χ0n) is 15.2. The standard InChI is InChI=1S/C18H20ClFN6O/c1-10(9-26(2)3)16-23-15-12(6-7-21-18(15)24-16)17(25-27)22-11-4-5-14(20)13(19)8-11/h4-8,10,27H,9H2,1-3H3,(H,22,25)(H,21,23,24). The Hall–Kier alpha value is -2.71. The van der Waals surface area contributed by atoms with Crippen LogP contribution in [0, 0.1) is 5.82 Å².